The normalized spacial score (nSPS) is 14.3. The van der Waals surface area contributed by atoms with Crippen LogP contribution in [-0.2, 0) is 0 Å². The van der Waals surface area contributed by atoms with E-state index in [1.807, 2.05) is 0 Å². The standard InChI is InChI=1S/C12H13NO2S2/c1-2-3-8-16-17-13-11(14)9-6-4-5-7-10(9)12(13)15/h4-7H,2-3,8H2,1H3. The summed E-state index contributed by atoms with van der Waals surface area (Å²) in [5.74, 6) is 0.563. The molecule has 0 saturated heterocycles. The molecule has 0 saturated carbocycles. The molecule has 0 aromatic heterocycles. The van der Waals surface area contributed by atoms with Crippen molar-refractivity contribution in [2.45, 2.75) is 19.8 Å². The van der Waals surface area contributed by atoms with E-state index in [9.17, 15) is 9.59 Å². The maximum absolute atomic E-state index is 11.9. The van der Waals surface area contributed by atoms with Crippen LogP contribution >= 0.6 is 21.8 Å². The number of rotatable bonds is 5. The molecule has 1 aromatic rings. The number of carbonyl (C=O) groups excluding carboxylic acids is 2. The van der Waals surface area contributed by atoms with Gasteiger partial charge in [-0.1, -0.05) is 36.3 Å². The van der Waals surface area contributed by atoms with Gasteiger partial charge < -0.3 is 0 Å². The van der Waals surface area contributed by atoms with Gasteiger partial charge in [-0.05, 0) is 18.6 Å². The summed E-state index contributed by atoms with van der Waals surface area (Å²) in [4.78, 5) is 23.9. The van der Waals surface area contributed by atoms with Crippen LogP contribution in [0.15, 0.2) is 24.3 Å². The van der Waals surface area contributed by atoms with E-state index >= 15 is 0 Å². The molecule has 0 atom stereocenters. The first-order chi connectivity index (χ1) is 8.25. The van der Waals surface area contributed by atoms with Crippen LogP contribution in [-0.4, -0.2) is 21.9 Å². The Hall–Kier alpha value is -0.940. The Bertz CT molecular complexity index is 413. The first-order valence-electron chi connectivity index (χ1n) is 5.53. The summed E-state index contributed by atoms with van der Waals surface area (Å²) in [7, 11) is 2.80. The predicted octanol–water partition coefficient (Wildman–Crippen LogP) is 3.38. The van der Waals surface area contributed by atoms with Crippen molar-refractivity contribution in [2.75, 3.05) is 5.75 Å². The fourth-order valence-corrected chi connectivity index (χ4v) is 3.75. The van der Waals surface area contributed by atoms with Gasteiger partial charge in [-0.25, -0.2) is 4.31 Å². The quantitative estimate of drug-likeness (QED) is 0.355. The topological polar surface area (TPSA) is 37.4 Å². The third-order valence-electron chi connectivity index (χ3n) is 2.47. The number of amides is 2. The monoisotopic (exact) mass is 267 g/mol. The second-order valence-electron chi connectivity index (χ2n) is 3.70. The van der Waals surface area contributed by atoms with Crippen molar-refractivity contribution >= 4 is 33.6 Å². The highest BCUT2D eigenvalue weighted by molar-refractivity contribution is 8.76. The van der Waals surface area contributed by atoms with Gasteiger partial charge in [-0.3, -0.25) is 9.59 Å². The summed E-state index contributed by atoms with van der Waals surface area (Å²) < 4.78 is 1.25. The third-order valence-corrected chi connectivity index (χ3v) is 4.77. The SMILES string of the molecule is CCCCSSN1C(=O)c2ccccc2C1=O. The van der Waals surface area contributed by atoms with Gasteiger partial charge in [0.05, 0.1) is 11.1 Å². The molecule has 0 unspecified atom stereocenters. The highest BCUT2D eigenvalue weighted by Gasteiger charge is 2.35. The van der Waals surface area contributed by atoms with E-state index in [1.165, 1.54) is 15.3 Å². The second kappa shape index (κ2) is 5.60. The molecule has 0 spiro atoms. The summed E-state index contributed by atoms with van der Waals surface area (Å²) in [6, 6.07) is 6.96. The number of imide groups is 1. The van der Waals surface area contributed by atoms with Crippen LogP contribution in [0.5, 0.6) is 0 Å². The fourth-order valence-electron chi connectivity index (χ4n) is 1.53. The largest absolute Gasteiger partial charge is 0.272 e. The van der Waals surface area contributed by atoms with Crippen LogP contribution < -0.4 is 0 Å². The molecule has 0 aliphatic carbocycles. The lowest BCUT2D eigenvalue weighted by Crippen LogP contribution is -2.20. The molecule has 0 fully saturated rings. The number of unbranched alkanes of at least 4 members (excludes halogenated alkanes) is 1. The highest BCUT2D eigenvalue weighted by atomic mass is 33.1. The molecule has 2 rings (SSSR count). The number of carbonyl (C=O) groups is 2. The Morgan fingerprint density at radius 1 is 1.12 bits per heavy atom. The molecule has 1 heterocycles. The lowest BCUT2D eigenvalue weighted by Gasteiger charge is -2.10. The average molecular weight is 267 g/mol. The zero-order valence-corrected chi connectivity index (χ0v) is 11.1. The van der Waals surface area contributed by atoms with Gasteiger partial charge >= 0.3 is 0 Å². The molecule has 3 nitrogen and oxygen atoms in total. The van der Waals surface area contributed by atoms with Gasteiger partial charge in [0, 0.05) is 16.7 Å². The lowest BCUT2D eigenvalue weighted by molar-refractivity contribution is 0.0779. The molecule has 0 bridgehead atoms. The van der Waals surface area contributed by atoms with Crippen molar-refractivity contribution in [3.63, 3.8) is 0 Å². The number of hydrogen-bond donors (Lipinski definition) is 0. The highest BCUT2D eigenvalue weighted by Crippen LogP contribution is 2.34. The molecule has 1 aliphatic rings. The molecular weight excluding hydrogens is 254 g/mol. The smallest absolute Gasteiger partial charge is 0.268 e. The zero-order chi connectivity index (χ0) is 12.3. The van der Waals surface area contributed by atoms with Crippen molar-refractivity contribution in [1.82, 2.24) is 4.31 Å². The molecule has 90 valence electrons. The van der Waals surface area contributed by atoms with Gasteiger partial charge in [-0.2, -0.15) is 0 Å². The first-order valence-corrected chi connectivity index (χ1v) is 7.80. The molecule has 0 radical (unpaired) electrons. The van der Waals surface area contributed by atoms with E-state index in [-0.39, 0.29) is 11.8 Å². The minimum absolute atomic E-state index is 0.195. The summed E-state index contributed by atoms with van der Waals surface area (Å²) in [5.41, 5.74) is 1.03. The van der Waals surface area contributed by atoms with E-state index in [2.05, 4.69) is 6.92 Å². The molecule has 0 N–H and O–H groups in total. The van der Waals surface area contributed by atoms with Gasteiger partial charge in [0.15, 0.2) is 0 Å². The molecule has 2 amide bonds. The van der Waals surface area contributed by atoms with Crippen LogP contribution in [0, 0.1) is 0 Å². The van der Waals surface area contributed by atoms with Crippen LogP contribution in [0.25, 0.3) is 0 Å². The van der Waals surface area contributed by atoms with Gasteiger partial charge in [0.2, 0.25) is 0 Å². The van der Waals surface area contributed by atoms with Gasteiger partial charge in [-0.15, -0.1) is 0 Å². The second-order valence-corrected chi connectivity index (χ2v) is 6.01. The van der Waals surface area contributed by atoms with Crippen LogP contribution in [0.2, 0.25) is 0 Å². The lowest BCUT2D eigenvalue weighted by atomic mass is 10.1. The number of hydrogen-bond acceptors (Lipinski definition) is 4. The predicted molar refractivity (Wildman–Crippen MR) is 71.9 cm³/mol. The molecule has 17 heavy (non-hydrogen) atoms. The van der Waals surface area contributed by atoms with Crippen molar-refractivity contribution in [3.8, 4) is 0 Å². The summed E-state index contributed by atoms with van der Waals surface area (Å²) in [6.45, 7) is 2.12. The minimum atomic E-state index is -0.195. The van der Waals surface area contributed by atoms with Crippen molar-refractivity contribution < 1.29 is 9.59 Å². The molecular formula is C12H13NO2S2. The van der Waals surface area contributed by atoms with E-state index in [0.717, 1.165) is 18.6 Å². The molecule has 1 aromatic carbocycles. The van der Waals surface area contributed by atoms with Crippen molar-refractivity contribution in [2.24, 2.45) is 0 Å². The zero-order valence-electron chi connectivity index (χ0n) is 9.51. The minimum Gasteiger partial charge on any atom is -0.268 e. The third kappa shape index (κ3) is 2.50. The molecule has 1 aliphatic heterocycles. The van der Waals surface area contributed by atoms with Crippen LogP contribution in [0.3, 0.4) is 0 Å². The maximum atomic E-state index is 11.9. The summed E-state index contributed by atoms with van der Waals surface area (Å²) in [6.07, 6.45) is 2.22. The Kier molecular flexibility index (Phi) is 4.12. The first kappa shape index (κ1) is 12.5. The number of benzene rings is 1. The Labute approximate surface area is 108 Å². The fraction of sp³-hybridized carbons (Fsp3) is 0.333. The van der Waals surface area contributed by atoms with Gasteiger partial charge in [0.25, 0.3) is 11.8 Å². The van der Waals surface area contributed by atoms with Crippen LogP contribution in [0.1, 0.15) is 40.5 Å². The Morgan fingerprint density at radius 3 is 2.24 bits per heavy atom. The maximum Gasteiger partial charge on any atom is 0.272 e. The number of fused-ring (bicyclic) bond motifs is 1. The van der Waals surface area contributed by atoms with E-state index in [0.29, 0.717) is 11.1 Å². The summed E-state index contributed by atoms with van der Waals surface area (Å²) in [5, 5.41) is 0. The Balaban J connectivity index is 2.03. The van der Waals surface area contributed by atoms with E-state index in [4.69, 9.17) is 0 Å². The van der Waals surface area contributed by atoms with Crippen molar-refractivity contribution in [1.29, 1.82) is 0 Å². The van der Waals surface area contributed by atoms with Crippen LogP contribution in [0.4, 0.5) is 0 Å². The molecule has 5 heteroatoms. The van der Waals surface area contributed by atoms with Gasteiger partial charge in [0.1, 0.15) is 0 Å². The van der Waals surface area contributed by atoms with E-state index < -0.39 is 0 Å². The summed E-state index contributed by atoms with van der Waals surface area (Å²) >= 11 is 0. The Morgan fingerprint density at radius 2 is 1.71 bits per heavy atom. The van der Waals surface area contributed by atoms with E-state index in [1.54, 1.807) is 35.1 Å². The van der Waals surface area contributed by atoms with Crippen molar-refractivity contribution in [3.05, 3.63) is 35.4 Å². The number of nitrogens with zero attached hydrogens (tertiary/aromatic N) is 1. The average Bonchev–Trinajstić information content (AvgIpc) is 2.60.